The van der Waals surface area contributed by atoms with Crippen molar-refractivity contribution >= 4 is 23.5 Å². The topological polar surface area (TPSA) is 86.7 Å². The molecule has 0 unspecified atom stereocenters. The molecule has 0 bridgehead atoms. The van der Waals surface area contributed by atoms with E-state index in [0.717, 1.165) is 51.4 Å². The minimum absolute atomic E-state index is 0.0887. The van der Waals surface area contributed by atoms with Crippen molar-refractivity contribution < 1.29 is 28.7 Å². The Hall–Kier alpha value is -1.98. The van der Waals surface area contributed by atoms with Crippen LogP contribution in [-0.2, 0) is 28.7 Å². The van der Waals surface area contributed by atoms with Gasteiger partial charge in [-0.25, -0.2) is 4.79 Å². The number of ketones is 2. The summed E-state index contributed by atoms with van der Waals surface area (Å²) < 4.78 is 9.72. The molecular weight excluding hydrogens is 348 g/mol. The first-order valence-corrected chi connectivity index (χ1v) is 9.94. The second kappa shape index (κ2) is 16.2. The SMILES string of the molecule is C=C(CC(=O)OCC(=O)CCCCCC)C(=O)OCC(=O)CCCCCC. The Labute approximate surface area is 162 Å². The van der Waals surface area contributed by atoms with Crippen molar-refractivity contribution in [3.05, 3.63) is 12.2 Å². The van der Waals surface area contributed by atoms with Gasteiger partial charge in [0.15, 0.2) is 11.6 Å². The van der Waals surface area contributed by atoms with Crippen LogP contribution in [0.5, 0.6) is 0 Å². The number of unbranched alkanes of at least 4 members (excludes halogenated alkanes) is 6. The first-order chi connectivity index (χ1) is 12.9. The number of ether oxygens (including phenoxy) is 2. The van der Waals surface area contributed by atoms with Crippen LogP contribution in [0.15, 0.2) is 12.2 Å². The lowest BCUT2D eigenvalue weighted by Crippen LogP contribution is -2.19. The van der Waals surface area contributed by atoms with Crippen LogP contribution in [0.1, 0.15) is 84.5 Å². The molecule has 0 saturated carbocycles. The summed E-state index contributed by atoms with van der Waals surface area (Å²) in [5.74, 6) is -1.78. The van der Waals surface area contributed by atoms with Crippen LogP contribution in [0.2, 0.25) is 0 Å². The highest BCUT2D eigenvalue weighted by Gasteiger charge is 2.16. The normalized spacial score (nSPS) is 10.3. The van der Waals surface area contributed by atoms with E-state index in [1.807, 2.05) is 0 Å². The second-order valence-corrected chi connectivity index (χ2v) is 6.72. The van der Waals surface area contributed by atoms with Gasteiger partial charge < -0.3 is 9.47 Å². The average Bonchev–Trinajstić information content (AvgIpc) is 2.65. The Balaban J connectivity index is 3.90. The van der Waals surface area contributed by atoms with Crippen LogP contribution in [0.4, 0.5) is 0 Å². The molecule has 0 fully saturated rings. The highest BCUT2D eigenvalue weighted by molar-refractivity contribution is 5.95. The van der Waals surface area contributed by atoms with E-state index in [1.54, 1.807) is 0 Å². The molecule has 6 nitrogen and oxygen atoms in total. The van der Waals surface area contributed by atoms with Crippen molar-refractivity contribution in [3.8, 4) is 0 Å². The minimum Gasteiger partial charge on any atom is -0.457 e. The molecule has 0 aliphatic carbocycles. The zero-order valence-electron chi connectivity index (χ0n) is 16.8. The number of Topliss-reactive ketones (excluding diaryl/α,β-unsaturated/α-hetero) is 2. The summed E-state index contributed by atoms with van der Waals surface area (Å²) in [6.45, 7) is 7.06. The molecule has 0 aromatic rings. The van der Waals surface area contributed by atoms with E-state index in [0.29, 0.717) is 12.8 Å². The molecule has 0 N–H and O–H groups in total. The lowest BCUT2D eigenvalue weighted by molar-refractivity contribution is -0.149. The summed E-state index contributed by atoms with van der Waals surface area (Å²) in [5.41, 5.74) is -0.0887. The number of rotatable bonds is 17. The fourth-order valence-corrected chi connectivity index (χ4v) is 2.35. The van der Waals surface area contributed by atoms with Crippen molar-refractivity contribution in [1.29, 1.82) is 0 Å². The standard InChI is InChI=1S/C21H34O6/c1-4-6-8-10-12-18(22)15-26-20(24)14-17(3)21(25)27-16-19(23)13-11-9-7-5-2/h3-16H2,1-2H3. The van der Waals surface area contributed by atoms with E-state index in [-0.39, 0.29) is 36.8 Å². The summed E-state index contributed by atoms with van der Waals surface area (Å²) in [6, 6.07) is 0. The molecular formula is C21H34O6. The van der Waals surface area contributed by atoms with E-state index in [2.05, 4.69) is 20.4 Å². The third-order valence-electron chi connectivity index (χ3n) is 4.02. The largest absolute Gasteiger partial charge is 0.457 e. The van der Waals surface area contributed by atoms with E-state index >= 15 is 0 Å². The zero-order chi connectivity index (χ0) is 20.5. The molecule has 0 radical (unpaired) electrons. The first kappa shape index (κ1) is 25.0. The lowest BCUT2D eigenvalue weighted by Gasteiger charge is -2.07. The van der Waals surface area contributed by atoms with Gasteiger partial charge in [0.2, 0.25) is 0 Å². The van der Waals surface area contributed by atoms with E-state index in [9.17, 15) is 19.2 Å². The Morgan fingerprint density at radius 2 is 1.19 bits per heavy atom. The maximum atomic E-state index is 11.8. The quantitative estimate of drug-likeness (QED) is 0.214. The molecule has 0 amide bonds. The Morgan fingerprint density at radius 3 is 1.67 bits per heavy atom. The number of hydrogen-bond donors (Lipinski definition) is 0. The molecule has 0 aromatic heterocycles. The minimum atomic E-state index is -0.792. The summed E-state index contributed by atoms with van der Waals surface area (Å²) >= 11 is 0. The van der Waals surface area contributed by atoms with Crippen LogP contribution in [0.3, 0.4) is 0 Å². The number of carbonyl (C=O) groups is 4. The molecule has 6 heteroatoms. The molecule has 0 atom stereocenters. The third kappa shape index (κ3) is 14.8. The second-order valence-electron chi connectivity index (χ2n) is 6.72. The van der Waals surface area contributed by atoms with Crippen molar-refractivity contribution in [2.45, 2.75) is 84.5 Å². The molecule has 0 spiro atoms. The number of hydrogen-bond acceptors (Lipinski definition) is 6. The highest BCUT2D eigenvalue weighted by Crippen LogP contribution is 2.07. The third-order valence-corrected chi connectivity index (χ3v) is 4.02. The van der Waals surface area contributed by atoms with E-state index in [1.165, 1.54) is 0 Å². The van der Waals surface area contributed by atoms with Gasteiger partial charge in [-0.15, -0.1) is 0 Å². The summed E-state index contributed by atoms with van der Waals surface area (Å²) in [6.07, 6.45) is 8.27. The first-order valence-electron chi connectivity index (χ1n) is 9.94. The molecule has 27 heavy (non-hydrogen) atoms. The fraction of sp³-hybridized carbons (Fsp3) is 0.714. The van der Waals surface area contributed by atoms with Gasteiger partial charge in [-0.05, 0) is 12.8 Å². The highest BCUT2D eigenvalue weighted by atomic mass is 16.5. The lowest BCUT2D eigenvalue weighted by atomic mass is 10.1. The summed E-state index contributed by atoms with van der Waals surface area (Å²) in [5, 5.41) is 0. The van der Waals surface area contributed by atoms with E-state index in [4.69, 9.17) is 9.47 Å². The predicted molar refractivity (Wildman–Crippen MR) is 103 cm³/mol. The average molecular weight is 382 g/mol. The molecule has 0 saturated heterocycles. The molecule has 0 rings (SSSR count). The number of esters is 2. The van der Waals surface area contributed by atoms with Gasteiger partial charge in [0, 0.05) is 18.4 Å². The Kier molecular flexibility index (Phi) is 15.0. The van der Waals surface area contributed by atoms with Crippen molar-refractivity contribution in [2.24, 2.45) is 0 Å². The molecule has 0 aromatic carbocycles. The molecule has 0 aliphatic heterocycles. The van der Waals surface area contributed by atoms with Gasteiger partial charge in [-0.3, -0.25) is 14.4 Å². The zero-order valence-corrected chi connectivity index (χ0v) is 16.8. The van der Waals surface area contributed by atoms with Gasteiger partial charge in [0.05, 0.1) is 6.42 Å². The maximum Gasteiger partial charge on any atom is 0.334 e. The van der Waals surface area contributed by atoms with Gasteiger partial charge >= 0.3 is 11.9 Å². The predicted octanol–water partition coefficient (Wildman–Crippen LogP) is 4.10. The summed E-state index contributed by atoms with van der Waals surface area (Å²) in [4.78, 5) is 46.7. The van der Waals surface area contributed by atoms with Gasteiger partial charge in [-0.2, -0.15) is 0 Å². The van der Waals surface area contributed by atoms with Gasteiger partial charge in [0.1, 0.15) is 13.2 Å². The Morgan fingerprint density at radius 1 is 0.704 bits per heavy atom. The molecule has 154 valence electrons. The van der Waals surface area contributed by atoms with Crippen LogP contribution < -0.4 is 0 Å². The van der Waals surface area contributed by atoms with Crippen LogP contribution in [0, 0.1) is 0 Å². The van der Waals surface area contributed by atoms with Crippen molar-refractivity contribution in [2.75, 3.05) is 13.2 Å². The monoisotopic (exact) mass is 382 g/mol. The summed E-state index contributed by atoms with van der Waals surface area (Å²) in [7, 11) is 0. The van der Waals surface area contributed by atoms with Crippen LogP contribution in [0.25, 0.3) is 0 Å². The van der Waals surface area contributed by atoms with Crippen LogP contribution >= 0.6 is 0 Å². The molecule has 0 heterocycles. The Bertz CT molecular complexity index is 495. The fourth-order valence-electron chi connectivity index (χ4n) is 2.35. The van der Waals surface area contributed by atoms with Gasteiger partial charge in [-0.1, -0.05) is 59.0 Å². The van der Waals surface area contributed by atoms with Crippen LogP contribution in [-0.4, -0.2) is 36.7 Å². The smallest absolute Gasteiger partial charge is 0.334 e. The maximum absolute atomic E-state index is 11.8. The van der Waals surface area contributed by atoms with Gasteiger partial charge in [0.25, 0.3) is 0 Å². The van der Waals surface area contributed by atoms with Crippen molar-refractivity contribution in [1.82, 2.24) is 0 Å². The van der Waals surface area contributed by atoms with E-state index < -0.39 is 11.9 Å². The number of carbonyl (C=O) groups excluding carboxylic acids is 4. The molecule has 0 aliphatic rings. The van der Waals surface area contributed by atoms with Crippen molar-refractivity contribution in [3.63, 3.8) is 0 Å².